The fraction of sp³-hybridized carbons (Fsp3) is 0.125. The Hall–Kier alpha value is -1.75. The number of furan rings is 1. The van der Waals surface area contributed by atoms with Crippen LogP contribution in [0.25, 0.3) is 6.08 Å². The first-order valence-corrected chi connectivity index (χ1v) is 3.64. The minimum atomic E-state index is -0.878. The van der Waals surface area contributed by atoms with Gasteiger partial charge in [-0.1, -0.05) is 12.2 Å². The second-order valence-corrected chi connectivity index (χ2v) is 2.38. The van der Waals surface area contributed by atoms with Crippen molar-refractivity contribution in [3.8, 4) is 0 Å². The smallest absolute Gasteiger partial charge is 0.338 e. The summed E-state index contributed by atoms with van der Waals surface area (Å²) in [6.45, 7) is 0.0561. The van der Waals surface area contributed by atoms with Crippen molar-refractivity contribution in [2.24, 2.45) is 5.73 Å². The molecule has 1 rings (SSSR count). The van der Waals surface area contributed by atoms with E-state index >= 15 is 0 Å². The van der Waals surface area contributed by atoms with Gasteiger partial charge in [0, 0.05) is 5.56 Å². The van der Waals surface area contributed by atoms with Gasteiger partial charge in [0.1, 0.15) is 0 Å². The molecule has 0 atom stereocenters. The molecule has 0 aliphatic heterocycles. The number of amides is 2. The minimum absolute atomic E-state index is 0.0561. The Morgan fingerprint density at radius 3 is 3.08 bits per heavy atom. The molecule has 0 unspecified atom stereocenters. The molecule has 2 amide bonds. The van der Waals surface area contributed by atoms with Crippen LogP contribution in [0, 0.1) is 0 Å². The molecule has 1 aromatic rings. The standard InChI is InChI=1S/C8H10N2O3/c9-8(11)10(12)4-1-2-7-3-5-13-6-7/h1-3,5-6,12H,4H2,(H2,9,11)/b2-1+. The molecule has 0 aliphatic rings. The predicted molar refractivity (Wildman–Crippen MR) is 45.8 cm³/mol. The Bertz CT molecular complexity index is 292. The number of nitrogens with zero attached hydrogens (tertiary/aromatic N) is 1. The highest BCUT2D eigenvalue weighted by Crippen LogP contribution is 2.01. The van der Waals surface area contributed by atoms with Crippen molar-refractivity contribution in [2.45, 2.75) is 0 Å². The summed E-state index contributed by atoms with van der Waals surface area (Å²) >= 11 is 0. The maximum absolute atomic E-state index is 10.3. The second kappa shape index (κ2) is 4.32. The number of hydroxylamine groups is 2. The van der Waals surface area contributed by atoms with Crippen LogP contribution >= 0.6 is 0 Å². The van der Waals surface area contributed by atoms with E-state index in [0.717, 1.165) is 5.56 Å². The summed E-state index contributed by atoms with van der Waals surface area (Å²) in [5.74, 6) is 0. The van der Waals surface area contributed by atoms with E-state index in [0.29, 0.717) is 5.06 Å². The van der Waals surface area contributed by atoms with Gasteiger partial charge < -0.3 is 10.2 Å². The molecule has 0 radical (unpaired) electrons. The molecule has 3 N–H and O–H groups in total. The quantitative estimate of drug-likeness (QED) is 0.541. The van der Waals surface area contributed by atoms with Crippen molar-refractivity contribution >= 4 is 12.1 Å². The molecule has 0 aromatic carbocycles. The van der Waals surface area contributed by atoms with Crippen molar-refractivity contribution < 1.29 is 14.4 Å². The lowest BCUT2D eigenvalue weighted by molar-refractivity contribution is -0.0286. The third kappa shape index (κ3) is 3.00. The van der Waals surface area contributed by atoms with Crippen LogP contribution in [0.5, 0.6) is 0 Å². The first-order chi connectivity index (χ1) is 6.20. The van der Waals surface area contributed by atoms with Gasteiger partial charge in [-0.25, -0.2) is 9.86 Å². The van der Waals surface area contributed by atoms with E-state index in [1.807, 2.05) is 0 Å². The van der Waals surface area contributed by atoms with Gasteiger partial charge in [0.05, 0.1) is 19.1 Å². The number of carbonyl (C=O) groups excluding carboxylic acids is 1. The van der Waals surface area contributed by atoms with E-state index in [4.69, 9.17) is 15.4 Å². The van der Waals surface area contributed by atoms with Crippen molar-refractivity contribution in [1.82, 2.24) is 5.06 Å². The van der Waals surface area contributed by atoms with Crippen LogP contribution in [0.15, 0.2) is 29.1 Å². The van der Waals surface area contributed by atoms with Gasteiger partial charge in [-0.15, -0.1) is 0 Å². The Morgan fingerprint density at radius 2 is 2.54 bits per heavy atom. The highest BCUT2D eigenvalue weighted by atomic mass is 16.5. The highest BCUT2D eigenvalue weighted by molar-refractivity contribution is 5.70. The average Bonchev–Trinajstić information content (AvgIpc) is 2.56. The molecule has 5 nitrogen and oxygen atoms in total. The first-order valence-electron chi connectivity index (χ1n) is 3.64. The molecular formula is C8H10N2O3. The monoisotopic (exact) mass is 182 g/mol. The van der Waals surface area contributed by atoms with E-state index in [1.54, 1.807) is 24.5 Å². The second-order valence-electron chi connectivity index (χ2n) is 2.38. The third-order valence-electron chi connectivity index (χ3n) is 1.39. The molecule has 1 aromatic heterocycles. The number of hydrogen-bond donors (Lipinski definition) is 2. The van der Waals surface area contributed by atoms with E-state index < -0.39 is 6.03 Å². The van der Waals surface area contributed by atoms with Crippen LogP contribution in [-0.4, -0.2) is 22.8 Å². The Morgan fingerprint density at radius 1 is 1.77 bits per heavy atom. The van der Waals surface area contributed by atoms with E-state index in [1.165, 1.54) is 6.26 Å². The molecular weight excluding hydrogens is 172 g/mol. The number of nitrogens with two attached hydrogens (primary N) is 1. The Kier molecular flexibility index (Phi) is 3.10. The SMILES string of the molecule is NC(=O)N(O)C/C=C/c1ccoc1. The topological polar surface area (TPSA) is 79.7 Å². The Labute approximate surface area is 75.0 Å². The van der Waals surface area contributed by atoms with Crippen molar-refractivity contribution in [1.29, 1.82) is 0 Å². The van der Waals surface area contributed by atoms with Gasteiger partial charge in [-0.2, -0.15) is 0 Å². The van der Waals surface area contributed by atoms with Gasteiger partial charge in [0.25, 0.3) is 0 Å². The van der Waals surface area contributed by atoms with Gasteiger partial charge in [0.15, 0.2) is 0 Å². The van der Waals surface area contributed by atoms with Gasteiger partial charge in [-0.05, 0) is 6.07 Å². The number of rotatable bonds is 3. The van der Waals surface area contributed by atoms with Gasteiger partial charge in [-0.3, -0.25) is 5.21 Å². The predicted octanol–water partition coefficient (Wildman–Crippen LogP) is 1.06. The normalized spacial score (nSPS) is 10.5. The average molecular weight is 182 g/mol. The fourth-order valence-corrected chi connectivity index (χ4v) is 0.748. The van der Waals surface area contributed by atoms with E-state index in [-0.39, 0.29) is 6.54 Å². The lowest BCUT2D eigenvalue weighted by atomic mass is 10.3. The summed E-state index contributed by atoms with van der Waals surface area (Å²) in [6, 6.07) is 0.875. The zero-order chi connectivity index (χ0) is 9.68. The maximum atomic E-state index is 10.3. The lowest BCUT2D eigenvalue weighted by Gasteiger charge is -2.07. The van der Waals surface area contributed by atoms with Crippen LogP contribution < -0.4 is 5.73 Å². The summed E-state index contributed by atoms with van der Waals surface area (Å²) in [4.78, 5) is 10.3. The third-order valence-corrected chi connectivity index (χ3v) is 1.39. The van der Waals surface area contributed by atoms with E-state index in [9.17, 15) is 4.79 Å². The van der Waals surface area contributed by atoms with Crippen molar-refractivity contribution in [3.63, 3.8) is 0 Å². The van der Waals surface area contributed by atoms with Crippen LogP contribution in [0.2, 0.25) is 0 Å². The fourth-order valence-electron chi connectivity index (χ4n) is 0.748. The highest BCUT2D eigenvalue weighted by Gasteiger charge is 2.00. The van der Waals surface area contributed by atoms with E-state index in [2.05, 4.69) is 0 Å². The summed E-state index contributed by atoms with van der Waals surface area (Å²) in [5, 5.41) is 9.25. The molecule has 0 spiro atoms. The molecule has 5 heteroatoms. The zero-order valence-electron chi connectivity index (χ0n) is 6.88. The number of carbonyl (C=O) groups is 1. The molecule has 0 aliphatic carbocycles. The lowest BCUT2D eigenvalue weighted by Crippen LogP contribution is -2.32. The number of hydrogen-bond acceptors (Lipinski definition) is 3. The molecule has 0 saturated heterocycles. The van der Waals surface area contributed by atoms with Crippen LogP contribution in [0.1, 0.15) is 5.56 Å². The molecule has 0 bridgehead atoms. The van der Waals surface area contributed by atoms with Crippen molar-refractivity contribution in [3.05, 3.63) is 30.2 Å². The molecule has 70 valence electrons. The molecule has 1 heterocycles. The maximum Gasteiger partial charge on any atom is 0.338 e. The van der Waals surface area contributed by atoms with Gasteiger partial charge in [0.2, 0.25) is 0 Å². The first kappa shape index (κ1) is 9.34. The number of urea groups is 1. The largest absolute Gasteiger partial charge is 0.472 e. The molecule has 0 saturated carbocycles. The van der Waals surface area contributed by atoms with Crippen molar-refractivity contribution in [2.75, 3.05) is 6.54 Å². The van der Waals surface area contributed by atoms with Gasteiger partial charge >= 0.3 is 6.03 Å². The molecule has 13 heavy (non-hydrogen) atoms. The molecule has 0 fully saturated rings. The summed E-state index contributed by atoms with van der Waals surface area (Å²) in [5.41, 5.74) is 5.64. The minimum Gasteiger partial charge on any atom is -0.472 e. The zero-order valence-corrected chi connectivity index (χ0v) is 6.88. The van der Waals surface area contributed by atoms with Crippen LogP contribution in [0.4, 0.5) is 4.79 Å². The summed E-state index contributed by atoms with van der Waals surface area (Å²) < 4.78 is 4.80. The number of primary amides is 1. The summed E-state index contributed by atoms with van der Waals surface area (Å²) in [6.07, 6.45) is 6.37. The Balaban J connectivity index is 2.38. The summed E-state index contributed by atoms with van der Waals surface area (Å²) in [7, 11) is 0. The van der Waals surface area contributed by atoms with Crippen LogP contribution in [0.3, 0.4) is 0 Å². The van der Waals surface area contributed by atoms with Crippen LogP contribution in [-0.2, 0) is 0 Å².